The molecule has 0 saturated heterocycles. The second-order valence-electron chi connectivity index (χ2n) is 4.82. The molecule has 0 bridgehead atoms. The Morgan fingerprint density at radius 2 is 2.06 bits per heavy atom. The van der Waals surface area contributed by atoms with Gasteiger partial charge in [0, 0.05) is 18.6 Å². The summed E-state index contributed by atoms with van der Waals surface area (Å²) in [7, 11) is 1.63. The maximum absolute atomic E-state index is 6.17. The highest BCUT2D eigenvalue weighted by molar-refractivity contribution is 6.32. The number of aryl methyl sites for hydroxylation is 1. The summed E-state index contributed by atoms with van der Waals surface area (Å²) in [5, 5.41) is 3.81. The molecule has 0 fully saturated rings. The van der Waals surface area contributed by atoms with Crippen molar-refractivity contribution in [1.82, 2.24) is 5.32 Å². The first kappa shape index (κ1) is 14.3. The van der Waals surface area contributed by atoms with Crippen LogP contribution in [0.5, 0.6) is 5.75 Å². The lowest BCUT2D eigenvalue weighted by Crippen LogP contribution is -2.36. The van der Waals surface area contributed by atoms with E-state index in [1.165, 1.54) is 11.1 Å². The van der Waals surface area contributed by atoms with E-state index in [9.17, 15) is 0 Å². The number of hydrogen-bond acceptors (Lipinski definition) is 3. The Labute approximate surface area is 108 Å². The van der Waals surface area contributed by atoms with E-state index >= 15 is 0 Å². The van der Waals surface area contributed by atoms with Crippen molar-refractivity contribution in [2.75, 3.05) is 20.3 Å². The zero-order valence-corrected chi connectivity index (χ0v) is 11.7. The third-order valence-corrected chi connectivity index (χ3v) is 3.23. The molecule has 0 saturated carbocycles. The van der Waals surface area contributed by atoms with Gasteiger partial charge in [-0.05, 0) is 30.2 Å². The molecular weight excluding hydrogens is 236 g/mol. The number of methoxy groups -OCH3 is 1. The predicted octanol–water partition coefficient (Wildman–Crippen LogP) is 2.44. The van der Waals surface area contributed by atoms with Crippen LogP contribution >= 0.6 is 11.6 Å². The quantitative estimate of drug-likeness (QED) is 0.796. The first-order valence-electron chi connectivity index (χ1n) is 5.67. The fraction of sp³-hybridized carbons (Fsp3) is 0.538. The van der Waals surface area contributed by atoms with Crippen molar-refractivity contribution in [3.8, 4) is 5.75 Å². The molecule has 96 valence electrons. The molecule has 0 heterocycles. The van der Waals surface area contributed by atoms with E-state index in [4.69, 9.17) is 22.1 Å². The second-order valence-corrected chi connectivity index (χ2v) is 5.22. The van der Waals surface area contributed by atoms with Gasteiger partial charge in [0.25, 0.3) is 0 Å². The van der Waals surface area contributed by atoms with Gasteiger partial charge in [0.2, 0.25) is 0 Å². The average Bonchev–Trinajstić information content (AvgIpc) is 2.28. The molecule has 0 aliphatic rings. The zero-order chi connectivity index (χ0) is 13.1. The van der Waals surface area contributed by atoms with Gasteiger partial charge in [-0.25, -0.2) is 0 Å². The van der Waals surface area contributed by atoms with Gasteiger partial charge in [0.1, 0.15) is 5.75 Å². The molecule has 1 rings (SSSR count). The number of nitrogens with one attached hydrogen (secondary N) is 1. The zero-order valence-electron chi connectivity index (χ0n) is 10.9. The molecule has 1 aromatic rings. The van der Waals surface area contributed by atoms with Gasteiger partial charge in [-0.2, -0.15) is 0 Å². The van der Waals surface area contributed by atoms with Gasteiger partial charge in [-0.3, -0.25) is 0 Å². The molecule has 0 spiro atoms. The monoisotopic (exact) mass is 256 g/mol. The minimum absolute atomic E-state index is 0.0145. The second kappa shape index (κ2) is 5.71. The Hall–Kier alpha value is -0.770. The molecule has 0 unspecified atom stereocenters. The molecule has 0 amide bonds. The van der Waals surface area contributed by atoms with Crippen LogP contribution in [0.25, 0.3) is 0 Å². The van der Waals surface area contributed by atoms with Gasteiger partial charge in [-0.15, -0.1) is 0 Å². The number of nitrogens with two attached hydrogens (primary N) is 1. The molecule has 0 aliphatic heterocycles. The molecule has 17 heavy (non-hydrogen) atoms. The van der Waals surface area contributed by atoms with Crippen LogP contribution in [0.15, 0.2) is 12.1 Å². The van der Waals surface area contributed by atoms with E-state index in [0.717, 1.165) is 12.3 Å². The SMILES string of the molecule is COc1cc(C)c(C(C)(C)CNCN)cc1Cl. The van der Waals surface area contributed by atoms with E-state index in [1.54, 1.807) is 7.11 Å². The summed E-state index contributed by atoms with van der Waals surface area (Å²) >= 11 is 6.17. The largest absolute Gasteiger partial charge is 0.495 e. The van der Waals surface area contributed by atoms with E-state index in [0.29, 0.717) is 11.7 Å². The minimum atomic E-state index is -0.0145. The highest BCUT2D eigenvalue weighted by Gasteiger charge is 2.23. The van der Waals surface area contributed by atoms with Crippen LogP contribution in [0.4, 0.5) is 0 Å². The van der Waals surface area contributed by atoms with Crippen molar-refractivity contribution >= 4 is 11.6 Å². The topological polar surface area (TPSA) is 47.3 Å². The summed E-state index contributed by atoms with van der Waals surface area (Å²) in [5.41, 5.74) is 7.84. The third kappa shape index (κ3) is 3.35. The fourth-order valence-corrected chi connectivity index (χ4v) is 2.26. The first-order chi connectivity index (χ1) is 7.92. The van der Waals surface area contributed by atoms with Gasteiger partial charge in [-0.1, -0.05) is 25.4 Å². The Kier molecular flexibility index (Phi) is 4.80. The minimum Gasteiger partial charge on any atom is -0.495 e. The van der Waals surface area contributed by atoms with Crippen molar-refractivity contribution in [3.05, 3.63) is 28.3 Å². The number of hydrogen-bond donors (Lipinski definition) is 2. The van der Waals surface area contributed by atoms with Crippen LogP contribution < -0.4 is 15.8 Å². The number of halogens is 1. The predicted molar refractivity (Wildman–Crippen MR) is 72.8 cm³/mol. The van der Waals surface area contributed by atoms with E-state index in [-0.39, 0.29) is 5.41 Å². The molecule has 3 nitrogen and oxygen atoms in total. The standard InChI is InChI=1S/C13H21ClN2O/c1-9-5-12(17-4)11(14)6-10(9)13(2,3)7-16-8-15/h5-6,16H,7-8,15H2,1-4H3. The van der Waals surface area contributed by atoms with Crippen molar-refractivity contribution in [1.29, 1.82) is 0 Å². The average molecular weight is 257 g/mol. The Bertz CT molecular complexity index is 391. The molecule has 4 heteroatoms. The molecule has 0 aliphatic carbocycles. The van der Waals surface area contributed by atoms with E-state index in [2.05, 4.69) is 26.1 Å². The van der Waals surface area contributed by atoms with Crippen molar-refractivity contribution in [2.45, 2.75) is 26.2 Å². The smallest absolute Gasteiger partial charge is 0.137 e. The molecular formula is C13H21ClN2O. The van der Waals surface area contributed by atoms with Crippen LogP contribution in [0.1, 0.15) is 25.0 Å². The van der Waals surface area contributed by atoms with Crippen molar-refractivity contribution < 1.29 is 4.74 Å². The maximum Gasteiger partial charge on any atom is 0.137 e. The molecule has 3 N–H and O–H groups in total. The lowest BCUT2D eigenvalue weighted by Gasteiger charge is -2.28. The molecule has 0 atom stereocenters. The fourth-order valence-electron chi connectivity index (χ4n) is 2.02. The molecule has 0 aromatic heterocycles. The van der Waals surface area contributed by atoms with Gasteiger partial charge < -0.3 is 15.8 Å². The van der Waals surface area contributed by atoms with Crippen molar-refractivity contribution in [3.63, 3.8) is 0 Å². The summed E-state index contributed by atoms with van der Waals surface area (Å²) in [6.07, 6.45) is 0. The highest BCUT2D eigenvalue weighted by atomic mass is 35.5. The van der Waals surface area contributed by atoms with E-state index < -0.39 is 0 Å². The lowest BCUT2D eigenvalue weighted by atomic mass is 9.82. The maximum atomic E-state index is 6.17. The Morgan fingerprint density at radius 1 is 1.41 bits per heavy atom. The van der Waals surface area contributed by atoms with Crippen LogP contribution in [-0.4, -0.2) is 20.3 Å². The van der Waals surface area contributed by atoms with Crippen LogP contribution in [0.2, 0.25) is 5.02 Å². The normalized spacial score (nSPS) is 11.6. The van der Waals surface area contributed by atoms with Crippen LogP contribution in [0, 0.1) is 6.92 Å². The van der Waals surface area contributed by atoms with E-state index in [1.807, 2.05) is 12.1 Å². The summed E-state index contributed by atoms with van der Waals surface area (Å²) in [6.45, 7) is 7.69. The third-order valence-electron chi connectivity index (χ3n) is 2.94. The number of rotatable bonds is 5. The van der Waals surface area contributed by atoms with Gasteiger partial charge in [0.05, 0.1) is 12.1 Å². The summed E-state index contributed by atoms with van der Waals surface area (Å²) in [4.78, 5) is 0. The number of benzene rings is 1. The van der Waals surface area contributed by atoms with Crippen LogP contribution in [-0.2, 0) is 5.41 Å². The van der Waals surface area contributed by atoms with Crippen molar-refractivity contribution in [2.24, 2.45) is 5.73 Å². The Morgan fingerprint density at radius 3 is 2.59 bits per heavy atom. The molecule has 1 aromatic carbocycles. The number of ether oxygens (including phenoxy) is 1. The summed E-state index contributed by atoms with van der Waals surface area (Å²) in [5.74, 6) is 0.718. The molecule has 0 radical (unpaired) electrons. The first-order valence-corrected chi connectivity index (χ1v) is 6.05. The summed E-state index contributed by atoms with van der Waals surface area (Å²) < 4.78 is 5.21. The van der Waals surface area contributed by atoms with Crippen LogP contribution in [0.3, 0.4) is 0 Å². The van der Waals surface area contributed by atoms with Gasteiger partial charge in [0.15, 0.2) is 0 Å². The lowest BCUT2D eigenvalue weighted by molar-refractivity contribution is 0.413. The van der Waals surface area contributed by atoms with Gasteiger partial charge >= 0.3 is 0 Å². The summed E-state index contributed by atoms with van der Waals surface area (Å²) in [6, 6.07) is 3.95. The highest BCUT2D eigenvalue weighted by Crippen LogP contribution is 2.33. The Balaban J connectivity index is 3.09.